The first-order chi connectivity index (χ1) is 7.44. The molecule has 0 fully saturated rings. The summed E-state index contributed by atoms with van der Waals surface area (Å²) in [4.78, 5) is 34.0. The number of nitrogens with one attached hydrogen (secondary N) is 3. The van der Waals surface area contributed by atoms with Crippen molar-refractivity contribution in [2.75, 3.05) is 0 Å². The summed E-state index contributed by atoms with van der Waals surface area (Å²) < 4.78 is 0. The van der Waals surface area contributed by atoms with E-state index in [0.717, 1.165) is 0 Å². The molecule has 2 rings (SSSR count). The van der Waals surface area contributed by atoms with Crippen LogP contribution in [0.2, 0.25) is 0 Å². The van der Waals surface area contributed by atoms with Crippen LogP contribution in [0.5, 0.6) is 0 Å². The van der Waals surface area contributed by atoms with E-state index in [-0.39, 0.29) is 11.2 Å². The molecule has 0 saturated carbocycles. The Morgan fingerprint density at radius 2 is 2.00 bits per heavy atom. The Morgan fingerprint density at radius 1 is 1.31 bits per heavy atom. The number of hydrogen-bond acceptors (Lipinski definition) is 4. The maximum atomic E-state index is 11.4. The van der Waals surface area contributed by atoms with E-state index < -0.39 is 16.8 Å². The number of imidazole rings is 1. The van der Waals surface area contributed by atoms with Crippen LogP contribution in [0, 0.1) is 0 Å². The lowest BCUT2D eigenvalue weighted by Gasteiger charge is -2.18. The number of H-pyrrole nitrogens is 3. The molecule has 16 heavy (non-hydrogen) atoms. The van der Waals surface area contributed by atoms with E-state index in [1.807, 2.05) is 6.92 Å². The third-order valence-electron chi connectivity index (χ3n) is 2.67. The van der Waals surface area contributed by atoms with Crippen molar-refractivity contribution >= 4 is 11.2 Å². The summed E-state index contributed by atoms with van der Waals surface area (Å²) in [5.74, 6) is 0.484. The minimum atomic E-state index is -0.650. The highest BCUT2D eigenvalue weighted by molar-refractivity contribution is 5.68. The van der Waals surface area contributed by atoms with Crippen LogP contribution in [0.15, 0.2) is 9.59 Å². The minimum Gasteiger partial charge on any atom is -0.335 e. The van der Waals surface area contributed by atoms with E-state index in [0.29, 0.717) is 12.2 Å². The first kappa shape index (κ1) is 10.6. The number of aromatic amines is 3. The van der Waals surface area contributed by atoms with Gasteiger partial charge in [-0.3, -0.25) is 14.8 Å². The van der Waals surface area contributed by atoms with Crippen LogP contribution in [0.1, 0.15) is 26.1 Å². The van der Waals surface area contributed by atoms with E-state index in [1.165, 1.54) is 0 Å². The molecule has 0 amide bonds. The smallest absolute Gasteiger partial charge is 0.327 e. The molecule has 0 saturated heterocycles. The van der Waals surface area contributed by atoms with Crippen molar-refractivity contribution in [2.24, 2.45) is 5.73 Å². The quantitative estimate of drug-likeness (QED) is 0.549. The molecule has 2 aromatic rings. The van der Waals surface area contributed by atoms with E-state index in [9.17, 15) is 9.59 Å². The summed E-state index contributed by atoms with van der Waals surface area (Å²) >= 11 is 0. The lowest BCUT2D eigenvalue weighted by Crippen LogP contribution is -2.33. The molecular formula is C9H13N5O2. The molecule has 0 aromatic carbocycles. The molecule has 0 spiro atoms. The predicted molar refractivity (Wildman–Crippen MR) is 59.2 cm³/mol. The fourth-order valence-corrected chi connectivity index (χ4v) is 1.37. The fourth-order valence-electron chi connectivity index (χ4n) is 1.37. The summed E-state index contributed by atoms with van der Waals surface area (Å²) in [7, 11) is 0. The van der Waals surface area contributed by atoms with Gasteiger partial charge in [0.15, 0.2) is 5.65 Å². The Morgan fingerprint density at radius 3 is 2.62 bits per heavy atom. The van der Waals surface area contributed by atoms with Crippen molar-refractivity contribution in [3.05, 3.63) is 26.7 Å². The molecule has 0 aliphatic heterocycles. The zero-order valence-corrected chi connectivity index (χ0v) is 9.05. The highest BCUT2D eigenvalue weighted by atomic mass is 16.2. The molecule has 0 aliphatic carbocycles. The highest BCUT2D eigenvalue weighted by Gasteiger charge is 2.23. The second kappa shape index (κ2) is 3.31. The fraction of sp³-hybridized carbons (Fsp3) is 0.444. The molecule has 7 heteroatoms. The van der Waals surface area contributed by atoms with Crippen LogP contribution in [-0.2, 0) is 5.54 Å². The van der Waals surface area contributed by atoms with Crippen LogP contribution in [0.3, 0.4) is 0 Å². The van der Waals surface area contributed by atoms with E-state index in [1.54, 1.807) is 6.92 Å². The first-order valence-electron chi connectivity index (χ1n) is 4.95. The third kappa shape index (κ3) is 1.54. The molecule has 1 unspecified atom stereocenters. The second-order valence-corrected chi connectivity index (χ2v) is 3.99. The van der Waals surface area contributed by atoms with Gasteiger partial charge in [0, 0.05) is 0 Å². The van der Waals surface area contributed by atoms with Gasteiger partial charge in [-0.05, 0) is 13.3 Å². The van der Waals surface area contributed by atoms with Gasteiger partial charge in [0.2, 0.25) is 0 Å². The molecule has 5 N–H and O–H groups in total. The lowest BCUT2D eigenvalue weighted by atomic mass is 10.0. The minimum absolute atomic E-state index is 0.230. The molecule has 86 valence electrons. The Labute approximate surface area is 90.1 Å². The van der Waals surface area contributed by atoms with Gasteiger partial charge in [0.05, 0.1) is 5.54 Å². The van der Waals surface area contributed by atoms with Crippen LogP contribution in [-0.4, -0.2) is 19.9 Å². The standard InChI is InChI=1S/C9H13N5O2/c1-3-9(2,10)7-11-4-5(12-7)13-8(16)14-6(4)15/h3,10H2,1-2H3,(H3,11,12,13,14,15,16). The molecule has 2 heterocycles. The SMILES string of the molecule is CCC(C)(N)c1nc2[nH]c(=O)[nH]c(=O)c2[nH]1. The molecule has 0 bridgehead atoms. The van der Waals surface area contributed by atoms with Gasteiger partial charge in [0.1, 0.15) is 11.3 Å². The normalized spacial score (nSPS) is 15.2. The molecule has 1 atom stereocenters. The maximum Gasteiger partial charge on any atom is 0.327 e. The Hall–Kier alpha value is -1.89. The monoisotopic (exact) mass is 223 g/mol. The van der Waals surface area contributed by atoms with Gasteiger partial charge in [-0.15, -0.1) is 0 Å². The van der Waals surface area contributed by atoms with Gasteiger partial charge < -0.3 is 10.7 Å². The first-order valence-corrected chi connectivity index (χ1v) is 4.95. The summed E-state index contributed by atoms with van der Waals surface area (Å²) in [6.45, 7) is 3.72. The van der Waals surface area contributed by atoms with E-state index >= 15 is 0 Å². The Kier molecular flexibility index (Phi) is 2.20. The van der Waals surface area contributed by atoms with Crippen LogP contribution >= 0.6 is 0 Å². The molecule has 7 nitrogen and oxygen atoms in total. The van der Waals surface area contributed by atoms with E-state index in [2.05, 4.69) is 19.9 Å². The van der Waals surface area contributed by atoms with Crippen molar-refractivity contribution < 1.29 is 0 Å². The Balaban J connectivity index is 2.75. The molecule has 0 radical (unpaired) electrons. The van der Waals surface area contributed by atoms with E-state index in [4.69, 9.17) is 5.73 Å². The lowest BCUT2D eigenvalue weighted by molar-refractivity contribution is 0.451. The number of nitrogens with two attached hydrogens (primary N) is 1. The van der Waals surface area contributed by atoms with Crippen molar-refractivity contribution in [2.45, 2.75) is 25.8 Å². The average Bonchev–Trinajstić information content (AvgIpc) is 2.62. The van der Waals surface area contributed by atoms with Crippen LogP contribution in [0.4, 0.5) is 0 Å². The van der Waals surface area contributed by atoms with Crippen LogP contribution in [0.25, 0.3) is 11.2 Å². The number of aromatic nitrogens is 4. The van der Waals surface area contributed by atoms with Crippen molar-refractivity contribution in [1.82, 2.24) is 19.9 Å². The van der Waals surface area contributed by atoms with Crippen molar-refractivity contribution in [3.8, 4) is 0 Å². The second-order valence-electron chi connectivity index (χ2n) is 3.99. The van der Waals surface area contributed by atoms with Crippen molar-refractivity contribution in [3.63, 3.8) is 0 Å². The number of nitrogens with zero attached hydrogens (tertiary/aromatic N) is 1. The Bertz CT molecular complexity index is 633. The predicted octanol–water partition coefficient (Wildman–Crippen LogP) is -0.477. The van der Waals surface area contributed by atoms with Gasteiger partial charge >= 0.3 is 5.69 Å². The summed E-state index contributed by atoms with van der Waals surface area (Å²) in [5, 5.41) is 0. The molecular weight excluding hydrogens is 210 g/mol. The summed E-state index contributed by atoms with van der Waals surface area (Å²) in [5.41, 5.74) is 4.73. The molecule has 2 aromatic heterocycles. The zero-order valence-electron chi connectivity index (χ0n) is 9.05. The van der Waals surface area contributed by atoms with Gasteiger partial charge in [-0.1, -0.05) is 6.92 Å². The topological polar surface area (TPSA) is 120 Å². The van der Waals surface area contributed by atoms with Gasteiger partial charge in [-0.25, -0.2) is 9.78 Å². The summed E-state index contributed by atoms with van der Waals surface area (Å²) in [6, 6.07) is 0. The number of fused-ring (bicyclic) bond motifs is 1. The summed E-state index contributed by atoms with van der Waals surface area (Å²) in [6.07, 6.45) is 0.662. The zero-order chi connectivity index (χ0) is 11.9. The number of hydrogen-bond donors (Lipinski definition) is 4. The van der Waals surface area contributed by atoms with Crippen molar-refractivity contribution in [1.29, 1.82) is 0 Å². The third-order valence-corrected chi connectivity index (χ3v) is 2.67. The van der Waals surface area contributed by atoms with Gasteiger partial charge in [0.25, 0.3) is 5.56 Å². The number of rotatable bonds is 2. The maximum absolute atomic E-state index is 11.4. The van der Waals surface area contributed by atoms with Crippen LogP contribution < -0.4 is 17.0 Å². The average molecular weight is 223 g/mol. The molecule has 0 aliphatic rings. The van der Waals surface area contributed by atoms with Gasteiger partial charge in [-0.2, -0.15) is 0 Å². The highest BCUT2D eigenvalue weighted by Crippen LogP contribution is 2.18. The largest absolute Gasteiger partial charge is 0.335 e.